The third-order valence-electron chi connectivity index (χ3n) is 9.45. The second-order valence-electron chi connectivity index (χ2n) is 14.3. The van der Waals surface area contributed by atoms with Gasteiger partial charge in [-0.1, -0.05) is 53.1 Å². The molecule has 0 aliphatic carbocycles. The second kappa shape index (κ2) is 23.2. The summed E-state index contributed by atoms with van der Waals surface area (Å²) >= 11 is 0. The van der Waals surface area contributed by atoms with E-state index in [1.54, 1.807) is 72.8 Å². The lowest BCUT2D eigenvalue weighted by Crippen LogP contribution is -3.13. The van der Waals surface area contributed by atoms with E-state index in [4.69, 9.17) is 29.5 Å². The first-order chi connectivity index (χ1) is 29.9. The van der Waals surface area contributed by atoms with Gasteiger partial charge in [-0.3, -0.25) is 14.4 Å². The highest BCUT2D eigenvalue weighted by atomic mass is 16.9. The summed E-state index contributed by atoms with van der Waals surface area (Å²) in [6.07, 6.45) is 0. The van der Waals surface area contributed by atoms with Crippen molar-refractivity contribution in [3.63, 3.8) is 0 Å². The molecule has 0 heterocycles. The molecule has 0 saturated heterocycles. The number of hydrogen-bond acceptors (Lipinski definition) is 9. The number of carbonyl (C=O) groups excluding carboxylic acids is 3. The maximum absolute atomic E-state index is 12.8. The summed E-state index contributed by atoms with van der Waals surface area (Å²) in [5, 5.41) is 23.5. The minimum absolute atomic E-state index is 0.189. The molecule has 14 heteroatoms. The van der Waals surface area contributed by atoms with E-state index in [1.807, 2.05) is 93.6 Å². The van der Waals surface area contributed by atoms with Crippen molar-refractivity contribution >= 4 is 34.8 Å². The fourth-order valence-corrected chi connectivity index (χ4v) is 5.94. The molecule has 0 bridgehead atoms. The zero-order chi connectivity index (χ0) is 44.3. The van der Waals surface area contributed by atoms with Crippen molar-refractivity contribution < 1.29 is 38.6 Å². The van der Waals surface area contributed by atoms with Gasteiger partial charge in [0, 0.05) is 33.8 Å². The number of nitrogens with one attached hydrogen (secondary N) is 4. The monoisotopic (exact) mass is 839 g/mol. The Morgan fingerprint density at radius 2 is 0.661 bits per heavy atom. The molecule has 0 radical (unpaired) electrons. The van der Waals surface area contributed by atoms with Gasteiger partial charge in [-0.25, -0.2) is 0 Å². The smallest absolute Gasteiger partial charge is 0.255 e. The van der Waals surface area contributed by atoms with E-state index in [0.717, 1.165) is 33.8 Å². The van der Waals surface area contributed by atoms with Crippen LogP contribution in [0.5, 0.6) is 17.2 Å². The molecule has 3 amide bonds. The Labute approximate surface area is 360 Å². The van der Waals surface area contributed by atoms with E-state index >= 15 is 0 Å². The zero-order valence-corrected chi connectivity index (χ0v) is 34.7. The number of rotatable bonds is 18. The molecule has 0 aliphatic heterocycles. The van der Waals surface area contributed by atoms with Gasteiger partial charge < -0.3 is 50.4 Å². The van der Waals surface area contributed by atoms with Crippen LogP contribution < -0.4 is 35.1 Å². The molecule has 6 aromatic carbocycles. The van der Waals surface area contributed by atoms with Crippen LogP contribution in [-0.2, 0) is 0 Å². The van der Waals surface area contributed by atoms with Crippen molar-refractivity contribution in [3.05, 3.63) is 194 Å². The van der Waals surface area contributed by atoms with Crippen molar-refractivity contribution in [2.24, 2.45) is 0 Å². The lowest BCUT2D eigenvalue weighted by molar-refractivity contribution is -0.900. The minimum atomic E-state index is -1.75. The molecule has 0 unspecified atom stereocenters. The number of benzene rings is 6. The Hall–Kier alpha value is -7.71. The topological polar surface area (TPSA) is 186 Å². The molecule has 0 fully saturated rings. The van der Waals surface area contributed by atoms with Crippen LogP contribution in [0.25, 0.3) is 0 Å². The molecule has 0 spiro atoms. The van der Waals surface area contributed by atoms with Crippen LogP contribution in [0.4, 0.5) is 17.1 Å². The summed E-state index contributed by atoms with van der Waals surface area (Å²) < 4.78 is 18.3. The molecule has 6 aromatic rings. The number of nitrogens with zero attached hydrogens (tertiary/aromatic N) is 1. The Morgan fingerprint density at radius 3 is 0.887 bits per heavy atom. The highest BCUT2D eigenvalue weighted by Gasteiger charge is 2.13. The van der Waals surface area contributed by atoms with Gasteiger partial charge in [-0.15, -0.1) is 0 Å². The van der Waals surface area contributed by atoms with Gasteiger partial charge >= 0.3 is 0 Å². The van der Waals surface area contributed by atoms with Crippen molar-refractivity contribution in [3.8, 4) is 17.2 Å². The van der Waals surface area contributed by atoms with E-state index in [0.29, 0.717) is 73.4 Å². The van der Waals surface area contributed by atoms with E-state index in [9.17, 15) is 14.4 Å². The average molecular weight is 840 g/mol. The first-order valence-corrected chi connectivity index (χ1v) is 19.9. The summed E-state index contributed by atoms with van der Waals surface area (Å²) in [5.41, 5.74) is 7.20. The van der Waals surface area contributed by atoms with E-state index in [2.05, 4.69) is 16.0 Å². The summed E-state index contributed by atoms with van der Waals surface area (Å²) in [5.74, 6) is 1.43. The van der Waals surface area contributed by atoms with Crippen LogP contribution in [0.3, 0.4) is 0 Å². The average Bonchev–Trinajstić information content (AvgIpc) is 3.26. The van der Waals surface area contributed by atoms with Crippen LogP contribution in [0.2, 0.25) is 0 Å². The molecule has 62 heavy (non-hydrogen) atoms. The largest absolute Gasteiger partial charge is 0.488 e. The first-order valence-electron chi connectivity index (χ1n) is 19.9. The molecule has 6 rings (SSSR count). The van der Waals surface area contributed by atoms with E-state index in [-0.39, 0.29) is 17.7 Å². The van der Waals surface area contributed by atoms with Gasteiger partial charge in [0.15, 0.2) is 0 Å². The number of hydrogen-bond donors (Lipinski definition) is 4. The van der Waals surface area contributed by atoms with Gasteiger partial charge in [0.2, 0.25) is 0 Å². The molecule has 0 saturated carbocycles. The highest BCUT2D eigenvalue weighted by Crippen LogP contribution is 2.18. The molecule has 0 aliphatic rings. The zero-order valence-electron chi connectivity index (χ0n) is 34.7. The minimum Gasteiger partial charge on any atom is -0.488 e. The van der Waals surface area contributed by atoms with Gasteiger partial charge in [0.1, 0.15) is 56.7 Å². The van der Waals surface area contributed by atoms with Gasteiger partial charge in [0.05, 0.1) is 5.09 Å². The van der Waals surface area contributed by atoms with Gasteiger partial charge in [-0.2, -0.15) is 0 Å². The number of aryl methyl sites for hydroxylation is 3. The summed E-state index contributed by atoms with van der Waals surface area (Å²) in [6.45, 7) is 9.29. The SMILES string of the molecule is Cc1ccc(NC(=O)c2ccc(OCC[NH+](CCOc3ccc(C(=O)Nc4ccc(C)cc4)cc3)CCOc3ccc(C(=O)Nc4ccc(C)cc4)cc3)cc2)cc1.O=[N+]([O-])[O-]. The fourth-order valence-electron chi connectivity index (χ4n) is 5.94. The van der Waals surface area contributed by atoms with Crippen LogP contribution in [0, 0.1) is 36.1 Å². The number of anilines is 3. The number of ether oxygens (including phenoxy) is 3. The van der Waals surface area contributed by atoms with E-state index in [1.165, 1.54) is 4.90 Å². The molecular weight excluding hydrogens is 791 g/mol. The van der Waals surface area contributed by atoms with Crippen molar-refractivity contribution in [1.29, 1.82) is 0 Å². The third kappa shape index (κ3) is 15.5. The predicted octanol–water partition coefficient (Wildman–Crippen LogP) is 7.55. The standard InChI is InChI=1S/C48H48N4O6.NO3/c1-34-4-16-40(17-5-34)49-46(53)37-10-22-43(23-11-37)56-31-28-52(29-32-57-44-24-12-38(13-25-44)47(54)50-41-18-6-35(2)7-19-41)30-33-58-45-26-14-39(15-27-45)48(55)51-42-20-8-36(3)9-21-42;2-1(3)4/h4-27H,28-33H2,1-3H3,(H,49,53)(H,50,54)(H,51,55);/q;-1/p+1. The maximum Gasteiger partial charge on any atom is 0.255 e. The normalized spacial score (nSPS) is 10.5. The van der Waals surface area contributed by atoms with Crippen molar-refractivity contribution in [1.82, 2.24) is 0 Å². The summed E-state index contributed by atoms with van der Waals surface area (Å²) in [6, 6.07) is 44.3. The molecule has 0 aromatic heterocycles. The summed E-state index contributed by atoms with van der Waals surface area (Å²) in [4.78, 5) is 47.7. The Bertz CT molecular complexity index is 2090. The fraction of sp³-hybridized carbons (Fsp3) is 0.188. The van der Waals surface area contributed by atoms with Crippen LogP contribution in [0.1, 0.15) is 47.8 Å². The van der Waals surface area contributed by atoms with Crippen LogP contribution in [0.15, 0.2) is 146 Å². The van der Waals surface area contributed by atoms with Gasteiger partial charge in [0.25, 0.3) is 17.7 Å². The van der Waals surface area contributed by atoms with Gasteiger partial charge in [-0.05, 0) is 130 Å². The van der Waals surface area contributed by atoms with Crippen LogP contribution >= 0.6 is 0 Å². The van der Waals surface area contributed by atoms with Crippen molar-refractivity contribution in [2.45, 2.75) is 20.8 Å². The lowest BCUT2D eigenvalue weighted by Gasteiger charge is -2.20. The predicted molar refractivity (Wildman–Crippen MR) is 239 cm³/mol. The molecule has 4 N–H and O–H groups in total. The van der Waals surface area contributed by atoms with Crippen LogP contribution in [-0.4, -0.2) is 62.3 Å². The molecular formula is C48H49N5O9. The Morgan fingerprint density at radius 1 is 0.435 bits per heavy atom. The Balaban J connectivity index is 0.00000174. The number of carbonyl (C=O) groups is 3. The number of quaternary nitrogens is 1. The molecule has 14 nitrogen and oxygen atoms in total. The Kier molecular flexibility index (Phi) is 17.0. The number of amides is 3. The second-order valence-corrected chi connectivity index (χ2v) is 14.3. The summed E-state index contributed by atoms with van der Waals surface area (Å²) in [7, 11) is 0. The highest BCUT2D eigenvalue weighted by molar-refractivity contribution is 6.05. The maximum atomic E-state index is 12.8. The molecule has 0 atom stereocenters. The third-order valence-corrected chi connectivity index (χ3v) is 9.45. The quantitative estimate of drug-likeness (QED) is 0.0501. The lowest BCUT2D eigenvalue weighted by atomic mass is 10.2. The van der Waals surface area contributed by atoms with E-state index < -0.39 is 5.09 Å². The first kappa shape index (κ1) is 45.4. The molecule has 320 valence electrons. The van der Waals surface area contributed by atoms with Crippen molar-refractivity contribution in [2.75, 3.05) is 55.4 Å².